The van der Waals surface area contributed by atoms with Gasteiger partial charge in [-0.25, -0.2) is 4.79 Å². The molecule has 0 unspecified atom stereocenters. The quantitative estimate of drug-likeness (QED) is 0.879. The van der Waals surface area contributed by atoms with E-state index in [0.717, 1.165) is 36.3 Å². The lowest BCUT2D eigenvalue weighted by Gasteiger charge is -2.14. The number of aryl methyl sites for hydroxylation is 2. The van der Waals surface area contributed by atoms with Crippen LogP contribution >= 0.6 is 11.8 Å². The first-order chi connectivity index (χ1) is 10.0. The first-order valence-electron chi connectivity index (χ1n) is 7.65. The zero-order valence-electron chi connectivity index (χ0n) is 13.4. The molecule has 0 aromatic carbocycles. The molecule has 0 aliphatic heterocycles. The predicted molar refractivity (Wildman–Crippen MR) is 87.7 cm³/mol. The lowest BCUT2D eigenvalue weighted by atomic mass is 10.2. The van der Waals surface area contributed by atoms with Gasteiger partial charge < -0.3 is 10.6 Å². The van der Waals surface area contributed by atoms with Gasteiger partial charge in [-0.3, -0.25) is 4.68 Å². The monoisotopic (exact) mass is 310 g/mol. The molecule has 0 spiro atoms. The molecule has 2 atom stereocenters. The maximum atomic E-state index is 12.0. The zero-order valence-corrected chi connectivity index (χ0v) is 14.2. The number of hydrogen-bond acceptors (Lipinski definition) is 3. The van der Waals surface area contributed by atoms with E-state index >= 15 is 0 Å². The minimum absolute atomic E-state index is 0.0650. The van der Waals surface area contributed by atoms with Crippen LogP contribution in [-0.2, 0) is 13.1 Å². The van der Waals surface area contributed by atoms with Gasteiger partial charge in [0.1, 0.15) is 0 Å². The van der Waals surface area contributed by atoms with Crippen molar-refractivity contribution in [1.82, 2.24) is 20.4 Å². The van der Waals surface area contributed by atoms with E-state index in [1.165, 1.54) is 6.42 Å². The van der Waals surface area contributed by atoms with Crippen LogP contribution in [0.2, 0.25) is 0 Å². The van der Waals surface area contributed by atoms with Gasteiger partial charge in [0, 0.05) is 35.6 Å². The van der Waals surface area contributed by atoms with Crippen LogP contribution in [0.4, 0.5) is 4.79 Å². The summed E-state index contributed by atoms with van der Waals surface area (Å²) in [4.78, 5) is 12.0. The summed E-state index contributed by atoms with van der Waals surface area (Å²) in [6.45, 7) is 7.53. The molecule has 1 saturated carbocycles. The fourth-order valence-electron chi connectivity index (χ4n) is 2.99. The predicted octanol–water partition coefficient (Wildman–Crippen LogP) is 2.60. The van der Waals surface area contributed by atoms with Crippen LogP contribution in [-0.4, -0.2) is 33.4 Å². The van der Waals surface area contributed by atoms with Crippen molar-refractivity contribution >= 4 is 17.8 Å². The number of hydrogen-bond donors (Lipinski definition) is 2. The number of rotatable bonds is 5. The average Bonchev–Trinajstić information content (AvgIpc) is 3.02. The van der Waals surface area contributed by atoms with Crippen molar-refractivity contribution in [2.45, 2.75) is 64.4 Å². The SMILES string of the molecule is CCn1nc(C)c(CNC(=O)N[C@@H]2CC[C@H](SC)C2)c1C. The molecule has 0 bridgehead atoms. The van der Waals surface area contributed by atoms with E-state index in [0.29, 0.717) is 17.8 Å². The number of urea groups is 1. The van der Waals surface area contributed by atoms with Gasteiger partial charge in [0.05, 0.1) is 5.69 Å². The van der Waals surface area contributed by atoms with Crippen molar-refractivity contribution < 1.29 is 4.79 Å². The fourth-order valence-corrected chi connectivity index (χ4v) is 3.78. The molecule has 2 amide bonds. The van der Waals surface area contributed by atoms with Crippen LogP contribution in [0.3, 0.4) is 0 Å². The number of thioether (sulfide) groups is 1. The van der Waals surface area contributed by atoms with Crippen molar-refractivity contribution in [1.29, 1.82) is 0 Å². The summed E-state index contributed by atoms with van der Waals surface area (Å²) in [6, 6.07) is 0.257. The molecule has 0 saturated heterocycles. The Hall–Kier alpha value is -1.17. The molecule has 1 aliphatic rings. The lowest BCUT2D eigenvalue weighted by Crippen LogP contribution is -2.40. The molecule has 0 radical (unpaired) electrons. The number of amides is 2. The third kappa shape index (κ3) is 3.93. The molecule has 5 nitrogen and oxygen atoms in total. The summed E-state index contributed by atoms with van der Waals surface area (Å²) in [7, 11) is 0. The van der Waals surface area contributed by atoms with Crippen molar-refractivity contribution in [2.75, 3.05) is 6.26 Å². The molecule has 1 fully saturated rings. The van der Waals surface area contributed by atoms with Gasteiger partial charge in [0.15, 0.2) is 0 Å². The molecule has 1 heterocycles. The van der Waals surface area contributed by atoms with Gasteiger partial charge in [-0.05, 0) is 46.3 Å². The Morgan fingerprint density at radius 2 is 2.19 bits per heavy atom. The second-order valence-electron chi connectivity index (χ2n) is 5.66. The third-order valence-corrected chi connectivity index (χ3v) is 5.40. The third-order valence-electron chi connectivity index (χ3n) is 4.31. The van der Waals surface area contributed by atoms with Crippen LogP contribution in [0, 0.1) is 13.8 Å². The smallest absolute Gasteiger partial charge is 0.315 e. The lowest BCUT2D eigenvalue weighted by molar-refractivity contribution is 0.236. The van der Waals surface area contributed by atoms with Gasteiger partial charge in [0.25, 0.3) is 0 Å². The number of aromatic nitrogens is 2. The van der Waals surface area contributed by atoms with Gasteiger partial charge in [-0.15, -0.1) is 0 Å². The van der Waals surface area contributed by atoms with E-state index in [9.17, 15) is 4.79 Å². The number of nitrogens with zero attached hydrogens (tertiary/aromatic N) is 2. The van der Waals surface area contributed by atoms with Gasteiger partial charge in [-0.1, -0.05) is 0 Å². The molecule has 1 aromatic heterocycles. The Balaban J connectivity index is 1.83. The number of carbonyl (C=O) groups is 1. The first kappa shape index (κ1) is 16.2. The van der Waals surface area contributed by atoms with Crippen molar-refractivity contribution in [3.8, 4) is 0 Å². The highest BCUT2D eigenvalue weighted by Crippen LogP contribution is 2.28. The minimum Gasteiger partial charge on any atom is -0.335 e. The van der Waals surface area contributed by atoms with Gasteiger partial charge >= 0.3 is 6.03 Å². The molecule has 1 aromatic rings. The number of carbonyl (C=O) groups excluding carboxylic acids is 1. The Morgan fingerprint density at radius 3 is 2.76 bits per heavy atom. The summed E-state index contributed by atoms with van der Waals surface area (Å²) in [5.41, 5.74) is 3.26. The molecule has 1 aliphatic carbocycles. The first-order valence-corrected chi connectivity index (χ1v) is 8.94. The van der Waals surface area contributed by atoms with E-state index in [1.807, 2.05) is 23.4 Å². The Morgan fingerprint density at radius 1 is 1.43 bits per heavy atom. The van der Waals surface area contributed by atoms with E-state index < -0.39 is 0 Å². The van der Waals surface area contributed by atoms with Crippen LogP contribution in [0.25, 0.3) is 0 Å². The topological polar surface area (TPSA) is 59.0 Å². The normalized spacial score (nSPS) is 21.5. The highest BCUT2D eigenvalue weighted by molar-refractivity contribution is 7.99. The highest BCUT2D eigenvalue weighted by atomic mass is 32.2. The molecule has 118 valence electrons. The molecule has 2 rings (SSSR count). The van der Waals surface area contributed by atoms with Crippen LogP contribution in [0.15, 0.2) is 0 Å². The molecular formula is C15H26N4OS. The Kier molecular flexibility index (Phi) is 5.56. The summed E-state index contributed by atoms with van der Waals surface area (Å²) in [6.07, 6.45) is 5.52. The standard InChI is InChI=1S/C15H26N4OS/c1-5-19-11(3)14(10(2)18-19)9-16-15(20)17-12-6-7-13(8-12)21-4/h12-13H,5-9H2,1-4H3,(H2,16,17,20)/t12-,13+/m1/s1. The summed E-state index contributed by atoms with van der Waals surface area (Å²) in [5.74, 6) is 0. The molecule has 6 heteroatoms. The molecule has 2 N–H and O–H groups in total. The van der Waals surface area contributed by atoms with Crippen molar-refractivity contribution in [2.24, 2.45) is 0 Å². The molecule has 21 heavy (non-hydrogen) atoms. The van der Waals surface area contributed by atoms with E-state index in [-0.39, 0.29) is 6.03 Å². The maximum absolute atomic E-state index is 12.0. The van der Waals surface area contributed by atoms with Gasteiger partial charge in [0.2, 0.25) is 0 Å². The molecular weight excluding hydrogens is 284 g/mol. The van der Waals surface area contributed by atoms with Crippen LogP contribution < -0.4 is 10.6 Å². The fraction of sp³-hybridized carbons (Fsp3) is 0.733. The van der Waals surface area contributed by atoms with Crippen LogP contribution in [0.5, 0.6) is 0 Å². The Labute approximate surface area is 131 Å². The van der Waals surface area contributed by atoms with E-state index in [1.54, 1.807) is 0 Å². The van der Waals surface area contributed by atoms with E-state index in [4.69, 9.17) is 0 Å². The van der Waals surface area contributed by atoms with Crippen LogP contribution in [0.1, 0.15) is 43.1 Å². The average molecular weight is 310 g/mol. The second kappa shape index (κ2) is 7.20. The summed E-state index contributed by atoms with van der Waals surface area (Å²) >= 11 is 1.90. The van der Waals surface area contributed by atoms with Crippen molar-refractivity contribution in [3.63, 3.8) is 0 Å². The minimum atomic E-state index is -0.0650. The second-order valence-corrected chi connectivity index (χ2v) is 6.80. The Bertz CT molecular complexity index is 500. The summed E-state index contributed by atoms with van der Waals surface area (Å²) < 4.78 is 1.98. The van der Waals surface area contributed by atoms with E-state index in [2.05, 4.69) is 35.8 Å². The summed E-state index contributed by atoms with van der Waals surface area (Å²) in [5, 5.41) is 11.2. The number of nitrogens with one attached hydrogen (secondary N) is 2. The highest BCUT2D eigenvalue weighted by Gasteiger charge is 2.25. The largest absolute Gasteiger partial charge is 0.335 e. The van der Waals surface area contributed by atoms with Crippen molar-refractivity contribution in [3.05, 3.63) is 17.0 Å². The maximum Gasteiger partial charge on any atom is 0.315 e. The zero-order chi connectivity index (χ0) is 15.4. The van der Waals surface area contributed by atoms with Gasteiger partial charge in [-0.2, -0.15) is 16.9 Å².